The van der Waals surface area contributed by atoms with Crippen LogP contribution in [-0.2, 0) is 19.6 Å². The molecular weight excluding hydrogens is 395 g/mol. The number of aromatic nitrogens is 1. The summed E-state index contributed by atoms with van der Waals surface area (Å²) >= 11 is 0. The summed E-state index contributed by atoms with van der Waals surface area (Å²) in [5.74, 6) is -0.688. The Morgan fingerprint density at radius 1 is 1.00 bits per heavy atom. The van der Waals surface area contributed by atoms with E-state index in [-0.39, 0.29) is 11.5 Å². The maximum Gasteiger partial charge on any atom is 0.352 e. The third kappa shape index (κ3) is 4.44. The van der Waals surface area contributed by atoms with Crippen LogP contribution in [0.1, 0.15) is 27.2 Å². The van der Waals surface area contributed by atoms with Crippen molar-refractivity contribution in [1.82, 2.24) is 9.88 Å². The fraction of sp³-hybridized carbons (Fsp3) is 0.160. The molecule has 0 amide bonds. The highest BCUT2D eigenvalue weighted by Crippen LogP contribution is 2.31. The Labute approximate surface area is 179 Å². The number of hydrogen-bond donors (Lipinski definition) is 2. The minimum atomic E-state index is -1.01. The summed E-state index contributed by atoms with van der Waals surface area (Å²) in [6.07, 6.45) is 0. The lowest BCUT2D eigenvalue weighted by atomic mass is 10.1. The third-order valence-electron chi connectivity index (χ3n) is 5.31. The molecule has 158 valence electrons. The predicted molar refractivity (Wildman–Crippen MR) is 118 cm³/mol. The van der Waals surface area contributed by atoms with Gasteiger partial charge in [-0.15, -0.1) is 0 Å². The molecular formula is C25H23FN2O3. The monoisotopic (exact) mass is 418 g/mol. The van der Waals surface area contributed by atoms with Crippen molar-refractivity contribution < 1.29 is 19.0 Å². The van der Waals surface area contributed by atoms with Crippen molar-refractivity contribution >= 4 is 16.9 Å². The number of carboxylic acid groups (broad SMARTS) is 1. The van der Waals surface area contributed by atoms with Crippen molar-refractivity contribution in [3.8, 4) is 5.75 Å². The largest absolute Gasteiger partial charge is 0.497 e. The molecule has 4 rings (SSSR count). The number of hydrogen-bond acceptors (Lipinski definition) is 3. The molecule has 5 nitrogen and oxygen atoms in total. The molecule has 31 heavy (non-hydrogen) atoms. The van der Waals surface area contributed by atoms with E-state index in [4.69, 9.17) is 4.74 Å². The van der Waals surface area contributed by atoms with Gasteiger partial charge < -0.3 is 19.7 Å². The molecule has 0 aliphatic heterocycles. The van der Waals surface area contributed by atoms with Gasteiger partial charge in [0.05, 0.1) is 12.6 Å². The van der Waals surface area contributed by atoms with Gasteiger partial charge in [-0.05, 0) is 35.4 Å². The van der Waals surface area contributed by atoms with E-state index in [0.29, 0.717) is 30.9 Å². The topological polar surface area (TPSA) is 63.5 Å². The molecule has 2 N–H and O–H groups in total. The van der Waals surface area contributed by atoms with Gasteiger partial charge in [0.2, 0.25) is 0 Å². The van der Waals surface area contributed by atoms with E-state index in [1.807, 2.05) is 48.5 Å². The van der Waals surface area contributed by atoms with Crippen LogP contribution in [0.4, 0.5) is 4.39 Å². The lowest BCUT2D eigenvalue weighted by molar-refractivity contribution is 0.0684. The zero-order valence-electron chi connectivity index (χ0n) is 17.1. The number of rotatable bonds is 8. The summed E-state index contributed by atoms with van der Waals surface area (Å²) in [5.41, 5.74) is 3.62. The average Bonchev–Trinajstić information content (AvgIpc) is 3.09. The number of halogens is 1. The van der Waals surface area contributed by atoms with Crippen molar-refractivity contribution in [1.29, 1.82) is 0 Å². The summed E-state index contributed by atoms with van der Waals surface area (Å²) < 4.78 is 20.5. The van der Waals surface area contributed by atoms with Crippen molar-refractivity contribution in [2.75, 3.05) is 7.11 Å². The Bertz CT molecular complexity index is 1200. The molecule has 4 aromatic rings. The van der Waals surface area contributed by atoms with E-state index in [2.05, 4.69) is 5.32 Å². The van der Waals surface area contributed by atoms with E-state index in [1.165, 1.54) is 12.1 Å². The van der Waals surface area contributed by atoms with Gasteiger partial charge >= 0.3 is 5.97 Å². The van der Waals surface area contributed by atoms with Crippen molar-refractivity contribution in [3.05, 3.63) is 101 Å². The van der Waals surface area contributed by atoms with Crippen LogP contribution in [0.5, 0.6) is 5.75 Å². The summed E-state index contributed by atoms with van der Waals surface area (Å²) in [6, 6.07) is 21.6. The molecule has 0 fully saturated rings. The Morgan fingerprint density at radius 3 is 2.42 bits per heavy atom. The van der Waals surface area contributed by atoms with Gasteiger partial charge in [-0.2, -0.15) is 0 Å². The Hall–Kier alpha value is -3.64. The lowest BCUT2D eigenvalue weighted by Gasteiger charge is -2.10. The van der Waals surface area contributed by atoms with Gasteiger partial charge in [-0.1, -0.05) is 42.5 Å². The molecule has 0 atom stereocenters. The Kier molecular flexibility index (Phi) is 6.00. The highest BCUT2D eigenvalue weighted by molar-refractivity contribution is 5.98. The highest BCUT2D eigenvalue weighted by atomic mass is 19.1. The number of aromatic carboxylic acids is 1. The number of nitrogens with one attached hydrogen (secondary N) is 1. The Morgan fingerprint density at radius 2 is 1.74 bits per heavy atom. The van der Waals surface area contributed by atoms with Crippen LogP contribution < -0.4 is 10.1 Å². The summed E-state index contributed by atoms with van der Waals surface area (Å²) in [5, 5.41) is 14.3. The fourth-order valence-electron chi connectivity index (χ4n) is 3.82. The lowest BCUT2D eigenvalue weighted by Crippen LogP contribution is -2.17. The van der Waals surface area contributed by atoms with Crippen LogP contribution in [-0.4, -0.2) is 22.8 Å². The molecule has 0 radical (unpaired) electrons. The van der Waals surface area contributed by atoms with Crippen LogP contribution in [0, 0.1) is 5.82 Å². The van der Waals surface area contributed by atoms with Crippen LogP contribution in [0.15, 0.2) is 72.8 Å². The van der Waals surface area contributed by atoms with Crippen molar-refractivity contribution in [2.24, 2.45) is 0 Å². The molecule has 0 aliphatic carbocycles. The van der Waals surface area contributed by atoms with Crippen molar-refractivity contribution in [2.45, 2.75) is 19.6 Å². The quantitative estimate of drug-likeness (QED) is 0.430. The molecule has 0 saturated heterocycles. The van der Waals surface area contributed by atoms with Gasteiger partial charge in [-0.3, -0.25) is 0 Å². The van der Waals surface area contributed by atoms with E-state index in [1.54, 1.807) is 23.8 Å². The van der Waals surface area contributed by atoms with Crippen LogP contribution >= 0.6 is 0 Å². The fourth-order valence-corrected chi connectivity index (χ4v) is 3.82. The summed E-state index contributed by atoms with van der Waals surface area (Å²) in [6.45, 7) is 1.33. The van der Waals surface area contributed by atoms with E-state index in [9.17, 15) is 14.3 Å². The molecule has 0 spiro atoms. The second-order valence-corrected chi connectivity index (χ2v) is 7.32. The van der Waals surface area contributed by atoms with Gasteiger partial charge in [-0.25, -0.2) is 9.18 Å². The third-order valence-corrected chi connectivity index (χ3v) is 5.31. The molecule has 0 saturated carbocycles. The summed E-state index contributed by atoms with van der Waals surface area (Å²) in [4.78, 5) is 12.3. The van der Waals surface area contributed by atoms with Crippen molar-refractivity contribution in [3.63, 3.8) is 0 Å². The number of methoxy groups -OCH3 is 1. The van der Waals surface area contributed by atoms with Gasteiger partial charge in [0.1, 0.15) is 17.3 Å². The zero-order valence-corrected chi connectivity index (χ0v) is 17.1. The number of nitrogens with zero attached hydrogens (tertiary/aromatic N) is 1. The van der Waals surface area contributed by atoms with Gasteiger partial charge in [0, 0.05) is 36.7 Å². The minimum Gasteiger partial charge on any atom is -0.497 e. The molecule has 0 unspecified atom stereocenters. The van der Waals surface area contributed by atoms with Gasteiger partial charge in [0.25, 0.3) is 0 Å². The second-order valence-electron chi connectivity index (χ2n) is 7.32. The molecule has 0 bridgehead atoms. The van der Waals surface area contributed by atoms with Crippen LogP contribution in [0.25, 0.3) is 10.9 Å². The summed E-state index contributed by atoms with van der Waals surface area (Å²) in [7, 11) is 1.58. The standard InChI is InChI=1S/C25H23FN2O3/c1-31-20-11-12-21-22(15-27-14-17-5-3-2-4-6-17)24(25(29)30)28(23(21)13-20)16-18-7-9-19(26)10-8-18/h2-13,27H,14-16H2,1H3,(H,29,30). The van der Waals surface area contributed by atoms with E-state index in [0.717, 1.165) is 22.0 Å². The normalized spacial score (nSPS) is 11.0. The number of carbonyl (C=O) groups is 1. The SMILES string of the molecule is COc1ccc2c(CNCc3ccccc3)c(C(=O)O)n(Cc3ccc(F)cc3)c2c1. The van der Waals surface area contributed by atoms with E-state index >= 15 is 0 Å². The number of benzene rings is 3. The number of ether oxygens (including phenoxy) is 1. The minimum absolute atomic E-state index is 0.216. The molecule has 3 aromatic carbocycles. The highest BCUT2D eigenvalue weighted by Gasteiger charge is 2.23. The first-order chi connectivity index (χ1) is 15.1. The molecule has 1 aromatic heterocycles. The van der Waals surface area contributed by atoms with E-state index < -0.39 is 5.97 Å². The number of fused-ring (bicyclic) bond motifs is 1. The van der Waals surface area contributed by atoms with Crippen LogP contribution in [0.2, 0.25) is 0 Å². The first kappa shape index (κ1) is 20.6. The van der Waals surface area contributed by atoms with Gasteiger partial charge in [0.15, 0.2) is 0 Å². The average molecular weight is 418 g/mol. The maximum absolute atomic E-state index is 13.3. The smallest absolute Gasteiger partial charge is 0.352 e. The molecule has 6 heteroatoms. The first-order valence-corrected chi connectivity index (χ1v) is 9.98. The zero-order chi connectivity index (χ0) is 21.8. The Balaban J connectivity index is 1.75. The first-order valence-electron chi connectivity index (χ1n) is 9.98. The molecule has 1 heterocycles. The molecule has 0 aliphatic rings. The van der Waals surface area contributed by atoms with Crippen LogP contribution in [0.3, 0.4) is 0 Å². The predicted octanol–water partition coefficient (Wildman–Crippen LogP) is 4.83. The maximum atomic E-state index is 13.3. The number of carboxylic acids is 1. The second kappa shape index (κ2) is 9.02.